The number of β-amino-alcohol motifs (C(OH)–C–C–N with tert-alkyl or cyclic N) is 1. The van der Waals surface area contributed by atoms with E-state index in [4.69, 9.17) is 0 Å². The second kappa shape index (κ2) is 8.15. The first kappa shape index (κ1) is 20.1. The van der Waals surface area contributed by atoms with E-state index < -0.39 is 5.60 Å². The van der Waals surface area contributed by atoms with Crippen LogP contribution < -0.4 is 0 Å². The van der Waals surface area contributed by atoms with Crippen molar-refractivity contribution in [3.63, 3.8) is 0 Å². The number of nitrogens with zero attached hydrogens (tertiary/aromatic N) is 3. The number of amides is 1. The Kier molecular flexibility index (Phi) is 6.30. The fraction of sp³-hybridized carbons (Fsp3) is 0.952. The number of carbonyl (C=O) groups is 1. The molecule has 5 heteroatoms. The van der Waals surface area contributed by atoms with Crippen LogP contribution in [0.3, 0.4) is 0 Å². The summed E-state index contributed by atoms with van der Waals surface area (Å²) >= 11 is 0. The molecule has 5 nitrogen and oxygen atoms in total. The molecular formula is C21H39N3O2. The minimum absolute atomic E-state index is 0.0478. The van der Waals surface area contributed by atoms with Gasteiger partial charge >= 0.3 is 0 Å². The Morgan fingerprint density at radius 1 is 1.00 bits per heavy atom. The number of piperidine rings is 1. The van der Waals surface area contributed by atoms with Gasteiger partial charge in [-0.1, -0.05) is 40.0 Å². The molecule has 2 aliphatic heterocycles. The fourth-order valence-corrected chi connectivity index (χ4v) is 5.04. The van der Waals surface area contributed by atoms with E-state index in [2.05, 4.69) is 30.6 Å². The van der Waals surface area contributed by atoms with E-state index in [1.54, 1.807) is 0 Å². The van der Waals surface area contributed by atoms with Gasteiger partial charge in [0.15, 0.2) is 5.60 Å². The summed E-state index contributed by atoms with van der Waals surface area (Å²) in [5.74, 6) is -0.0478. The third-order valence-corrected chi connectivity index (χ3v) is 6.35. The topological polar surface area (TPSA) is 47.0 Å². The average Bonchev–Trinajstić information content (AvgIpc) is 2.59. The van der Waals surface area contributed by atoms with Gasteiger partial charge in [0, 0.05) is 51.9 Å². The molecule has 1 saturated carbocycles. The molecule has 1 N–H and O–H groups in total. The van der Waals surface area contributed by atoms with Crippen molar-refractivity contribution in [2.75, 3.05) is 45.8 Å². The molecule has 0 bridgehead atoms. The Morgan fingerprint density at radius 2 is 1.65 bits per heavy atom. The lowest BCUT2D eigenvalue weighted by molar-refractivity contribution is -0.161. The molecule has 1 amide bonds. The number of likely N-dealkylation sites (tertiary alicyclic amines) is 1. The van der Waals surface area contributed by atoms with Crippen LogP contribution >= 0.6 is 0 Å². The molecule has 150 valence electrons. The van der Waals surface area contributed by atoms with Crippen LogP contribution in [0.1, 0.15) is 65.7 Å². The number of carbonyl (C=O) groups excluding carboxylic acids is 1. The van der Waals surface area contributed by atoms with Gasteiger partial charge in [-0.25, -0.2) is 0 Å². The molecule has 3 aliphatic rings. The summed E-state index contributed by atoms with van der Waals surface area (Å²) in [5, 5.41) is 11.1. The third-order valence-electron chi connectivity index (χ3n) is 6.35. The van der Waals surface area contributed by atoms with Crippen molar-refractivity contribution >= 4 is 5.91 Å². The van der Waals surface area contributed by atoms with Crippen LogP contribution in [0.4, 0.5) is 0 Å². The van der Waals surface area contributed by atoms with Crippen LogP contribution in [0, 0.1) is 5.41 Å². The molecule has 2 saturated heterocycles. The summed E-state index contributed by atoms with van der Waals surface area (Å²) in [6.45, 7) is 12.6. The number of hydrogen-bond acceptors (Lipinski definition) is 4. The maximum atomic E-state index is 12.9. The monoisotopic (exact) mass is 365 g/mol. The zero-order chi connectivity index (χ0) is 18.8. The molecule has 0 spiro atoms. The summed E-state index contributed by atoms with van der Waals surface area (Å²) in [5.41, 5.74) is -1.12. The Bertz CT molecular complexity index is 476. The second-order valence-corrected chi connectivity index (χ2v) is 10.0. The summed E-state index contributed by atoms with van der Waals surface area (Å²) in [6.07, 6.45) is 8.37. The van der Waals surface area contributed by atoms with Crippen LogP contribution in [-0.2, 0) is 4.79 Å². The van der Waals surface area contributed by atoms with Gasteiger partial charge in [0.25, 0.3) is 5.91 Å². The predicted octanol–water partition coefficient (Wildman–Crippen LogP) is 2.34. The molecule has 0 aromatic carbocycles. The second-order valence-electron chi connectivity index (χ2n) is 10.0. The number of piperazine rings is 1. The molecule has 0 radical (unpaired) electrons. The molecule has 26 heavy (non-hydrogen) atoms. The molecule has 1 aliphatic carbocycles. The van der Waals surface area contributed by atoms with Crippen molar-refractivity contribution in [1.29, 1.82) is 0 Å². The lowest BCUT2D eigenvalue weighted by Gasteiger charge is -2.45. The van der Waals surface area contributed by atoms with Crippen LogP contribution in [0.2, 0.25) is 0 Å². The highest BCUT2D eigenvalue weighted by Crippen LogP contribution is 2.28. The summed E-state index contributed by atoms with van der Waals surface area (Å²) < 4.78 is 0. The first-order valence-electron chi connectivity index (χ1n) is 10.8. The van der Waals surface area contributed by atoms with E-state index >= 15 is 0 Å². The first-order valence-corrected chi connectivity index (χ1v) is 10.8. The van der Waals surface area contributed by atoms with Crippen molar-refractivity contribution in [2.24, 2.45) is 5.41 Å². The lowest BCUT2D eigenvalue weighted by atomic mass is 9.88. The smallest absolute Gasteiger partial charge is 0.255 e. The molecule has 3 fully saturated rings. The first-order chi connectivity index (χ1) is 12.3. The van der Waals surface area contributed by atoms with Crippen LogP contribution in [0.5, 0.6) is 0 Å². The molecular weight excluding hydrogens is 326 g/mol. The van der Waals surface area contributed by atoms with Crippen LogP contribution in [-0.4, -0.2) is 83.2 Å². The van der Waals surface area contributed by atoms with E-state index in [0.29, 0.717) is 13.0 Å². The largest absolute Gasteiger partial charge is 0.379 e. The zero-order valence-corrected chi connectivity index (χ0v) is 17.2. The van der Waals surface area contributed by atoms with Crippen molar-refractivity contribution < 1.29 is 9.90 Å². The molecule has 0 aromatic rings. The molecule has 2 heterocycles. The summed E-state index contributed by atoms with van der Waals surface area (Å²) in [6, 6.07) is 0.771. The Labute approximate surface area is 159 Å². The van der Waals surface area contributed by atoms with Crippen molar-refractivity contribution in [3.8, 4) is 0 Å². The van der Waals surface area contributed by atoms with Crippen molar-refractivity contribution in [2.45, 2.75) is 77.4 Å². The number of hydrogen-bond donors (Lipinski definition) is 1. The number of rotatable bonds is 4. The zero-order valence-electron chi connectivity index (χ0n) is 17.2. The van der Waals surface area contributed by atoms with Gasteiger partial charge in [-0.05, 0) is 31.1 Å². The lowest BCUT2D eigenvalue weighted by Crippen LogP contribution is -2.61. The van der Waals surface area contributed by atoms with Gasteiger partial charge in [0.05, 0.1) is 0 Å². The molecule has 0 aromatic heterocycles. The Balaban J connectivity index is 1.52. The maximum absolute atomic E-state index is 12.9. The molecule has 3 rings (SSSR count). The minimum Gasteiger partial charge on any atom is -0.379 e. The van der Waals surface area contributed by atoms with E-state index in [1.807, 2.05) is 4.90 Å². The van der Waals surface area contributed by atoms with Gasteiger partial charge in [-0.2, -0.15) is 0 Å². The third kappa shape index (κ3) is 4.99. The van der Waals surface area contributed by atoms with Crippen LogP contribution in [0.25, 0.3) is 0 Å². The van der Waals surface area contributed by atoms with Gasteiger partial charge in [0.2, 0.25) is 0 Å². The Morgan fingerprint density at radius 3 is 2.27 bits per heavy atom. The number of aliphatic hydroxyl groups is 1. The quantitative estimate of drug-likeness (QED) is 0.831. The highest BCUT2D eigenvalue weighted by atomic mass is 16.3. The van der Waals surface area contributed by atoms with E-state index in [1.165, 1.54) is 32.1 Å². The predicted molar refractivity (Wildman–Crippen MR) is 105 cm³/mol. The van der Waals surface area contributed by atoms with E-state index in [0.717, 1.165) is 51.7 Å². The minimum atomic E-state index is -1.18. The van der Waals surface area contributed by atoms with E-state index in [9.17, 15) is 9.90 Å². The van der Waals surface area contributed by atoms with Crippen molar-refractivity contribution in [1.82, 2.24) is 14.7 Å². The fourth-order valence-electron chi connectivity index (χ4n) is 5.04. The summed E-state index contributed by atoms with van der Waals surface area (Å²) in [4.78, 5) is 19.8. The van der Waals surface area contributed by atoms with E-state index in [-0.39, 0.29) is 11.3 Å². The highest BCUT2D eigenvalue weighted by molar-refractivity contribution is 5.86. The van der Waals surface area contributed by atoms with Crippen molar-refractivity contribution in [3.05, 3.63) is 0 Å². The van der Waals surface area contributed by atoms with Crippen LogP contribution in [0.15, 0.2) is 0 Å². The van der Waals surface area contributed by atoms with Gasteiger partial charge < -0.3 is 10.0 Å². The standard InChI is InChI=1S/C21H39N3O2/c1-20(2,3)16-24-11-7-10-21(26,19(24)25)17-22-12-14-23(15-13-22)18-8-5-4-6-9-18/h18,26H,4-17H2,1-3H3. The normalized spacial score (nSPS) is 30.8. The molecule has 1 unspecified atom stereocenters. The summed E-state index contributed by atoms with van der Waals surface area (Å²) in [7, 11) is 0. The average molecular weight is 366 g/mol. The van der Waals surface area contributed by atoms with Gasteiger partial charge in [-0.15, -0.1) is 0 Å². The highest BCUT2D eigenvalue weighted by Gasteiger charge is 2.44. The molecule has 1 atom stereocenters. The SMILES string of the molecule is CC(C)(C)CN1CCCC(O)(CN2CCN(C3CCCCC3)CC2)C1=O. The van der Waals surface area contributed by atoms with Gasteiger partial charge in [0.1, 0.15) is 0 Å². The maximum Gasteiger partial charge on any atom is 0.255 e. The Hall–Kier alpha value is -0.650. The van der Waals surface area contributed by atoms with Gasteiger partial charge in [-0.3, -0.25) is 14.6 Å².